The minimum atomic E-state index is -0.563. The first-order valence-electron chi connectivity index (χ1n) is 8.23. The van der Waals surface area contributed by atoms with Gasteiger partial charge in [-0.25, -0.2) is 4.98 Å². The molecule has 3 aromatic rings. The van der Waals surface area contributed by atoms with Crippen molar-refractivity contribution in [2.24, 2.45) is 0 Å². The molecule has 27 heavy (non-hydrogen) atoms. The standard InChI is InChI=1S/C19H17N3O4S/c1-3-26-18-9-6-14(10-17(18)22(24)25)19(23)21-15-7-4-13(5-8-15)16-11-27-12(2)20-16/h4-11H,3H2,1-2H3,(H,21,23). The van der Waals surface area contributed by atoms with Crippen LogP contribution in [0.25, 0.3) is 11.3 Å². The van der Waals surface area contributed by atoms with Crippen molar-refractivity contribution in [1.29, 1.82) is 0 Å². The quantitative estimate of drug-likeness (QED) is 0.493. The molecule has 0 unspecified atom stereocenters. The van der Waals surface area contributed by atoms with Crippen LogP contribution in [0.4, 0.5) is 11.4 Å². The van der Waals surface area contributed by atoms with Crippen LogP contribution in [0.2, 0.25) is 0 Å². The van der Waals surface area contributed by atoms with Crippen molar-refractivity contribution in [3.63, 3.8) is 0 Å². The van der Waals surface area contributed by atoms with E-state index in [-0.39, 0.29) is 17.0 Å². The molecule has 7 nitrogen and oxygen atoms in total. The molecule has 3 rings (SSSR count). The Morgan fingerprint density at radius 2 is 2.00 bits per heavy atom. The zero-order valence-corrected chi connectivity index (χ0v) is 15.6. The average molecular weight is 383 g/mol. The number of rotatable bonds is 6. The Hall–Kier alpha value is -3.26. The third kappa shape index (κ3) is 4.29. The lowest BCUT2D eigenvalue weighted by molar-refractivity contribution is -0.385. The van der Waals surface area contributed by atoms with Gasteiger partial charge in [0.05, 0.1) is 22.2 Å². The van der Waals surface area contributed by atoms with E-state index in [2.05, 4.69) is 10.3 Å². The van der Waals surface area contributed by atoms with Gasteiger partial charge in [0.15, 0.2) is 5.75 Å². The van der Waals surface area contributed by atoms with E-state index in [0.717, 1.165) is 16.3 Å². The Kier molecular flexibility index (Phi) is 5.46. The Bertz CT molecular complexity index is 983. The van der Waals surface area contributed by atoms with Crippen LogP contribution in [0.3, 0.4) is 0 Å². The molecule has 0 aliphatic rings. The van der Waals surface area contributed by atoms with Gasteiger partial charge >= 0.3 is 5.69 Å². The first-order chi connectivity index (χ1) is 13.0. The average Bonchev–Trinajstić information content (AvgIpc) is 3.09. The van der Waals surface area contributed by atoms with E-state index in [9.17, 15) is 14.9 Å². The summed E-state index contributed by atoms with van der Waals surface area (Å²) in [5, 5.41) is 16.9. The van der Waals surface area contributed by atoms with Crippen LogP contribution in [0.5, 0.6) is 5.75 Å². The molecule has 0 saturated carbocycles. The topological polar surface area (TPSA) is 94.4 Å². The number of anilines is 1. The molecule has 0 spiro atoms. The fraction of sp³-hybridized carbons (Fsp3) is 0.158. The van der Waals surface area contributed by atoms with Crippen LogP contribution in [0.1, 0.15) is 22.3 Å². The van der Waals surface area contributed by atoms with Gasteiger partial charge < -0.3 is 10.1 Å². The van der Waals surface area contributed by atoms with Crippen LogP contribution in [0.15, 0.2) is 47.8 Å². The molecule has 8 heteroatoms. The van der Waals surface area contributed by atoms with E-state index >= 15 is 0 Å². The molecule has 1 aromatic heterocycles. The number of carbonyl (C=O) groups is 1. The van der Waals surface area contributed by atoms with E-state index in [1.54, 1.807) is 30.4 Å². The molecule has 0 aliphatic heterocycles. The lowest BCUT2D eigenvalue weighted by Gasteiger charge is -2.08. The van der Waals surface area contributed by atoms with Crippen LogP contribution in [-0.2, 0) is 0 Å². The van der Waals surface area contributed by atoms with Crippen molar-refractivity contribution in [2.75, 3.05) is 11.9 Å². The number of nitrogens with zero attached hydrogens (tertiary/aromatic N) is 2. The number of ether oxygens (including phenoxy) is 1. The predicted octanol–water partition coefficient (Wildman–Crippen LogP) is 4.68. The molecule has 1 amide bonds. The Morgan fingerprint density at radius 3 is 2.59 bits per heavy atom. The number of thiazole rings is 1. The minimum Gasteiger partial charge on any atom is -0.487 e. The molecular weight excluding hydrogens is 366 g/mol. The molecule has 0 aliphatic carbocycles. The van der Waals surface area contributed by atoms with E-state index in [0.29, 0.717) is 12.3 Å². The third-order valence-electron chi connectivity index (χ3n) is 3.78. The van der Waals surface area contributed by atoms with Crippen molar-refractivity contribution in [3.05, 3.63) is 68.5 Å². The maximum absolute atomic E-state index is 12.4. The summed E-state index contributed by atoms with van der Waals surface area (Å²) in [5.41, 5.74) is 2.38. The highest BCUT2D eigenvalue weighted by molar-refractivity contribution is 7.09. The molecule has 138 valence electrons. The summed E-state index contributed by atoms with van der Waals surface area (Å²) in [6.07, 6.45) is 0. The maximum atomic E-state index is 12.4. The van der Waals surface area contributed by atoms with Crippen LogP contribution in [0, 0.1) is 17.0 Å². The SMILES string of the molecule is CCOc1ccc(C(=O)Nc2ccc(-c3csc(C)n3)cc2)cc1[N+](=O)[O-]. The Morgan fingerprint density at radius 1 is 1.26 bits per heavy atom. The number of hydrogen-bond donors (Lipinski definition) is 1. The number of carbonyl (C=O) groups excluding carboxylic acids is 1. The van der Waals surface area contributed by atoms with Crippen molar-refractivity contribution in [1.82, 2.24) is 4.98 Å². The molecule has 0 radical (unpaired) electrons. The minimum absolute atomic E-state index is 0.141. The fourth-order valence-electron chi connectivity index (χ4n) is 2.50. The number of hydrogen-bond acceptors (Lipinski definition) is 6. The van der Waals surface area contributed by atoms with Crippen molar-refractivity contribution in [3.8, 4) is 17.0 Å². The highest BCUT2D eigenvalue weighted by Crippen LogP contribution is 2.28. The maximum Gasteiger partial charge on any atom is 0.311 e. The molecule has 0 fully saturated rings. The highest BCUT2D eigenvalue weighted by atomic mass is 32.1. The molecule has 0 saturated heterocycles. The van der Waals surface area contributed by atoms with Gasteiger partial charge in [0.2, 0.25) is 0 Å². The number of nitro benzene ring substituents is 1. The van der Waals surface area contributed by atoms with Crippen LogP contribution in [-0.4, -0.2) is 22.4 Å². The number of amides is 1. The summed E-state index contributed by atoms with van der Waals surface area (Å²) < 4.78 is 5.23. The summed E-state index contributed by atoms with van der Waals surface area (Å²) in [6.45, 7) is 3.98. The lowest BCUT2D eigenvalue weighted by Crippen LogP contribution is -2.12. The van der Waals surface area contributed by atoms with Crippen molar-refractivity contribution in [2.45, 2.75) is 13.8 Å². The summed E-state index contributed by atoms with van der Waals surface area (Å²) in [7, 11) is 0. The smallest absolute Gasteiger partial charge is 0.311 e. The van der Waals surface area contributed by atoms with Gasteiger partial charge in [-0.3, -0.25) is 14.9 Å². The molecular formula is C19H17N3O4S. The normalized spacial score (nSPS) is 10.4. The molecule has 1 N–H and O–H groups in total. The second-order valence-corrected chi connectivity index (χ2v) is 6.72. The molecule has 2 aromatic carbocycles. The molecule has 0 bridgehead atoms. The van der Waals surface area contributed by atoms with Gasteiger partial charge in [-0.15, -0.1) is 11.3 Å². The summed E-state index contributed by atoms with van der Waals surface area (Å²) >= 11 is 1.57. The van der Waals surface area contributed by atoms with E-state index in [1.807, 2.05) is 24.4 Å². The van der Waals surface area contributed by atoms with E-state index < -0.39 is 10.8 Å². The fourth-order valence-corrected chi connectivity index (χ4v) is 3.12. The number of aromatic nitrogens is 1. The van der Waals surface area contributed by atoms with Gasteiger partial charge in [0.1, 0.15) is 0 Å². The lowest BCUT2D eigenvalue weighted by atomic mass is 10.1. The summed E-state index contributed by atoms with van der Waals surface area (Å²) in [6, 6.07) is 11.4. The first-order valence-corrected chi connectivity index (χ1v) is 9.11. The molecule has 1 heterocycles. The van der Waals surface area contributed by atoms with Crippen LogP contribution < -0.4 is 10.1 Å². The van der Waals surface area contributed by atoms with E-state index in [4.69, 9.17) is 4.74 Å². The summed E-state index contributed by atoms with van der Waals surface area (Å²) in [4.78, 5) is 27.5. The predicted molar refractivity (Wildman–Crippen MR) is 105 cm³/mol. The van der Waals surface area contributed by atoms with E-state index in [1.165, 1.54) is 18.2 Å². The number of nitro groups is 1. The Balaban J connectivity index is 1.77. The van der Waals surface area contributed by atoms with Crippen molar-refractivity contribution < 1.29 is 14.5 Å². The zero-order chi connectivity index (χ0) is 19.4. The third-order valence-corrected chi connectivity index (χ3v) is 4.55. The first kappa shape index (κ1) is 18.5. The Labute approximate surface area is 159 Å². The van der Waals surface area contributed by atoms with Gasteiger partial charge in [0.25, 0.3) is 5.91 Å². The monoisotopic (exact) mass is 383 g/mol. The number of nitrogens with one attached hydrogen (secondary N) is 1. The second kappa shape index (κ2) is 7.96. The highest BCUT2D eigenvalue weighted by Gasteiger charge is 2.18. The van der Waals surface area contributed by atoms with Crippen molar-refractivity contribution >= 4 is 28.6 Å². The number of aryl methyl sites for hydroxylation is 1. The second-order valence-electron chi connectivity index (χ2n) is 5.66. The number of benzene rings is 2. The van der Waals surface area contributed by atoms with Crippen LogP contribution >= 0.6 is 11.3 Å². The van der Waals surface area contributed by atoms with Gasteiger partial charge in [-0.05, 0) is 38.1 Å². The van der Waals surface area contributed by atoms with Gasteiger partial charge in [-0.2, -0.15) is 0 Å². The molecule has 0 atom stereocenters. The largest absolute Gasteiger partial charge is 0.487 e. The van der Waals surface area contributed by atoms with Gasteiger partial charge in [-0.1, -0.05) is 12.1 Å². The zero-order valence-electron chi connectivity index (χ0n) is 14.8. The van der Waals surface area contributed by atoms with Gasteiger partial charge in [0, 0.05) is 28.3 Å². The summed E-state index contributed by atoms with van der Waals surface area (Å²) in [5.74, 6) is -0.291.